The number of imidazole rings is 1. The minimum Gasteiger partial charge on any atom is -0.373 e. The predicted molar refractivity (Wildman–Crippen MR) is 115 cm³/mol. The van der Waals surface area contributed by atoms with Crippen molar-refractivity contribution in [3.63, 3.8) is 0 Å². The number of anilines is 1. The van der Waals surface area contributed by atoms with Gasteiger partial charge in [-0.15, -0.1) is 0 Å². The molecule has 1 heterocycles. The molecule has 0 saturated heterocycles. The van der Waals surface area contributed by atoms with Gasteiger partial charge in [0, 0.05) is 49.5 Å². The first-order chi connectivity index (χ1) is 13.5. The van der Waals surface area contributed by atoms with Crippen LogP contribution >= 0.6 is 0 Å². The summed E-state index contributed by atoms with van der Waals surface area (Å²) in [6.45, 7) is 1.97. The number of ketones is 1. The van der Waals surface area contributed by atoms with Gasteiger partial charge >= 0.3 is 0 Å². The molecule has 0 fully saturated rings. The van der Waals surface area contributed by atoms with Gasteiger partial charge in [0.05, 0.1) is 6.33 Å². The van der Waals surface area contributed by atoms with Gasteiger partial charge in [-0.3, -0.25) is 4.79 Å². The molecule has 28 heavy (non-hydrogen) atoms. The molecule has 144 valence electrons. The van der Waals surface area contributed by atoms with Crippen LogP contribution in [0.1, 0.15) is 15.9 Å². The smallest absolute Gasteiger partial charge is 0.185 e. The number of aromatic nitrogens is 2. The van der Waals surface area contributed by atoms with Crippen LogP contribution in [0, 0.1) is 0 Å². The summed E-state index contributed by atoms with van der Waals surface area (Å²) >= 11 is 0. The number of carbonyl (C=O) groups excluding carboxylic acids is 1. The molecule has 0 spiro atoms. The fourth-order valence-corrected chi connectivity index (χ4v) is 2.80. The minimum absolute atomic E-state index is 0.00985. The molecule has 1 aromatic heterocycles. The number of benzene rings is 2. The van der Waals surface area contributed by atoms with Crippen LogP contribution < -0.4 is 4.90 Å². The van der Waals surface area contributed by atoms with E-state index in [1.807, 2.05) is 53.2 Å². The summed E-state index contributed by atoms with van der Waals surface area (Å²) in [5, 5.41) is 0. The van der Waals surface area contributed by atoms with Crippen LogP contribution in [0.4, 0.5) is 5.69 Å². The lowest BCUT2D eigenvalue weighted by atomic mass is 10.1. The van der Waals surface area contributed by atoms with Crippen LogP contribution in [0.3, 0.4) is 0 Å². The Kier molecular flexibility index (Phi) is 6.40. The van der Waals surface area contributed by atoms with Crippen molar-refractivity contribution in [2.24, 2.45) is 0 Å². The average Bonchev–Trinajstić information content (AvgIpc) is 3.25. The summed E-state index contributed by atoms with van der Waals surface area (Å²) in [4.78, 5) is 20.8. The number of rotatable bonds is 8. The van der Waals surface area contributed by atoms with E-state index in [2.05, 4.69) is 48.1 Å². The monoisotopic (exact) mass is 374 g/mol. The van der Waals surface area contributed by atoms with Gasteiger partial charge in [0.15, 0.2) is 5.78 Å². The molecule has 3 aromatic rings. The van der Waals surface area contributed by atoms with Crippen molar-refractivity contribution in [1.29, 1.82) is 0 Å². The van der Waals surface area contributed by atoms with Gasteiger partial charge in [0.2, 0.25) is 0 Å². The van der Waals surface area contributed by atoms with Crippen molar-refractivity contribution in [3.8, 4) is 5.69 Å². The van der Waals surface area contributed by atoms with E-state index in [-0.39, 0.29) is 5.78 Å². The Morgan fingerprint density at radius 2 is 1.71 bits per heavy atom. The normalized spacial score (nSPS) is 11.3. The van der Waals surface area contributed by atoms with Gasteiger partial charge in [-0.05, 0) is 62.1 Å². The van der Waals surface area contributed by atoms with E-state index in [0.29, 0.717) is 5.56 Å². The van der Waals surface area contributed by atoms with Crippen molar-refractivity contribution in [1.82, 2.24) is 14.5 Å². The summed E-state index contributed by atoms with van der Waals surface area (Å²) in [7, 11) is 6.24. The van der Waals surface area contributed by atoms with E-state index in [0.717, 1.165) is 24.3 Å². The molecule has 0 saturated carbocycles. The maximum atomic E-state index is 12.4. The van der Waals surface area contributed by atoms with Gasteiger partial charge in [0.25, 0.3) is 0 Å². The molecule has 0 unspecified atom stereocenters. The zero-order valence-electron chi connectivity index (χ0n) is 16.6. The number of nitrogens with zero attached hydrogens (tertiary/aromatic N) is 4. The fourth-order valence-electron chi connectivity index (χ4n) is 2.80. The van der Waals surface area contributed by atoms with Crippen LogP contribution in [0.2, 0.25) is 0 Å². The molecule has 0 amide bonds. The molecule has 0 aliphatic rings. The molecule has 2 aromatic carbocycles. The third-order valence-electron chi connectivity index (χ3n) is 4.60. The SMILES string of the molecule is CN(C)CCN(C)c1ccc(/C=C/C(=O)c2ccc(-n3ccnc3)cc2)cc1. The highest BCUT2D eigenvalue weighted by molar-refractivity contribution is 6.06. The molecule has 3 rings (SSSR count). The van der Waals surface area contributed by atoms with Crippen LogP contribution in [0.5, 0.6) is 0 Å². The Morgan fingerprint density at radius 3 is 2.32 bits per heavy atom. The van der Waals surface area contributed by atoms with Gasteiger partial charge in [-0.1, -0.05) is 18.2 Å². The minimum atomic E-state index is -0.00985. The topological polar surface area (TPSA) is 41.4 Å². The Hall–Kier alpha value is -3.18. The highest BCUT2D eigenvalue weighted by Gasteiger charge is 2.04. The number of hydrogen-bond acceptors (Lipinski definition) is 4. The third kappa shape index (κ3) is 5.18. The quantitative estimate of drug-likeness (QED) is 0.445. The molecule has 0 radical (unpaired) electrons. The summed E-state index contributed by atoms with van der Waals surface area (Å²) in [6, 6.07) is 15.7. The van der Waals surface area contributed by atoms with Crippen LogP contribution in [0.15, 0.2) is 73.3 Å². The molecule has 0 atom stereocenters. The van der Waals surface area contributed by atoms with E-state index in [1.54, 1.807) is 18.6 Å². The number of carbonyl (C=O) groups is 1. The maximum absolute atomic E-state index is 12.4. The summed E-state index contributed by atoms with van der Waals surface area (Å²) in [5.41, 5.74) is 3.82. The fraction of sp³-hybridized carbons (Fsp3) is 0.217. The van der Waals surface area contributed by atoms with E-state index in [4.69, 9.17) is 0 Å². The van der Waals surface area contributed by atoms with Crippen LogP contribution in [0.25, 0.3) is 11.8 Å². The molecule has 5 heteroatoms. The van der Waals surface area contributed by atoms with Crippen molar-refractivity contribution in [3.05, 3.63) is 84.5 Å². The van der Waals surface area contributed by atoms with Crippen LogP contribution in [-0.4, -0.2) is 54.5 Å². The van der Waals surface area contributed by atoms with Crippen molar-refractivity contribution in [2.75, 3.05) is 39.1 Å². The van der Waals surface area contributed by atoms with E-state index in [1.165, 1.54) is 5.69 Å². The maximum Gasteiger partial charge on any atom is 0.185 e. The van der Waals surface area contributed by atoms with Gasteiger partial charge < -0.3 is 14.4 Å². The lowest BCUT2D eigenvalue weighted by Gasteiger charge is -2.21. The molecular weight excluding hydrogens is 348 g/mol. The Bertz CT molecular complexity index is 910. The second-order valence-electron chi connectivity index (χ2n) is 7.03. The van der Waals surface area contributed by atoms with Gasteiger partial charge in [-0.2, -0.15) is 0 Å². The van der Waals surface area contributed by atoms with Crippen LogP contribution in [-0.2, 0) is 0 Å². The number of likely N-dealkylation sites (N-methyl/N-ethyl adjacent to an activating group) is 2. The van der Waals surface area contributed by atoms with E-state index < -0.39 is 0 Å². The lowest BCUT2D eigenvalue weighted by Crippen LogP contribution is -2.28. The summed E-state index contributed by atoms with van der Waals surface area (Å²) in [6.07, 6.45) is 8.82. The molecular formula is C23H26N4O. The highest BCUT2D eigenvalue weighted by atomic mass is 16.1. The van der Waals surface area contributed by atoms with Crippen molar-refractivity contribution in [2.45, 2.75) is 0 Å². The van der Waals surface area contributed by atoms with Gasteiger partial charge in [-0.25, -0.2) is 4.98 Å². The summed E-state index contributed by atoms with van der Waals surface area (Å²) in [5.74, 6) is -0.00985. The highest BCUT2D eigenvalue weighted by Crippen LogP contribution is 2.15. The summed E-state index contributed by atoms with van der Waals surface area (Å²) < 4.78 is 1.90. The first kappa shape index (κ1) is 19.6. The Labute approximate surface area is 166 Å². The Balaban J connectivity index is 1.60. The second-order valence-corrected chi connectivity index (χ2v) is 7.03. The van der Waals surface area contributed by atoms with Gasteiger partial charge in [0.1, 0.15) is 0 Å². The predicted octanol–water partition coefficient (Wildman–Crippen LogP) is 3.77. The molecule has 0 aliphatic carbocycles. The van der Waals surface area contributed by atoms with Crippen molar-refractivity contribution >= 4 is 17.5 Å². The number of allylic oxidation sites excluding steroid dienone is 1. The zero-order valence-corrected chi connectivity index (χ0v) is 16.6. The standard InChI is InChI=1S/C23H26N4O/c1-25(2)16-17-26(3)21-9-4-19(5-10-21)6-13-23(28)20-7-11-22(12-8-20)27-15-14-24-18-27/h4-15,18H,16-17H2,1-3H3/b13-6+. The van der Waals surface area contributed by atoms with Crippen molar-refractivity contribution < 1.29 is 4.79 Å². The molecule has 0 N–H and O–H groups in total. The molecule has 5 nitrogen and oxygen atoms in total. The Morgan fingerprint density at radius 1 is 1.00 bits per heavy atom. The van der Waals surface area contributed by atoms with E-state index >= 15 is 0 Å². The largest absolute Gasteiger partial charge is 0.373 e. The first-order valence-corrected chi connectivity index (χ1v) is 9.29. The molecule has 0 aliphatic heterocycles. The van der Waals surface area contributed by atoms with E-state index in [9.17, 15) is 4.79 Å². The molecule has 0 bridgehead atoms. The zero-order chi connectivity index (χ0) is 19.9. The first-order valence-electron chi connectivity index (χ1n) is 9.29. The third-order valence-corrected chi connectivity index (χ3v) is 4.60. The average molecular weight is 374 g/mol. The lowest BCUT2D eigenvalue weighted by molar-refractivity contribution is 0.104. The number of hydrogen-bond donors (Lipinski definition) is 0. The second kappa shape index (κ2) is 9.15.